The summed E-state index contributed by atoms with van der Waals surface area (Å²) in [5, 5.41) is 5.48. The highest BCUT2D eigenvalue weighted by Gasteiger charge is 2.32. The summed E-state index contributed by atoms with van der Waals surface area (Å²) in [5.74, 6) is -0.183. The van der Waals surface area contributed by atoms with Crippen LogP contribution in [0.15, 0.2) is 30.3 Å². The van der Waals surface area contributed by atoms with Crippen molar-refractivity contribution < 1.29 is 13.2 Å². The predicted molar refractivity (Wildman–Crippen MR) is 107 cm³/mol. The largest absolute Gasteiger partial charge is 0.325 e. The quantitative estimate of drug-likeness (QED) is 0.876. The molecule has 0 spiro atoms. The van der Waals surface area contributed by atoms with E-state index in [-0.39, 0.29) is 11.8 Å². The van der Waals surface area contributed by atoms with Crippen molar-refractivity contribution in [3.05, 3.63) is 41.5 Å². The van der Waals surface area contributed by atoms with Crippen molar-refractivity contribution in [2.24, 2.45) is 5.92 Å². The Morgan fingerprint density at radius 3 is 2.41 bits per heavy atom. The van der Waals surface area contributed by atoms with Crippen LogP contribution in [0.1, 0.15) is 24.0 Å². The molecule has 0 aromatic heterocycles. The van der Waals surface area contributed by atoms with E-state index >= 15 is 0 Å². The molecule has 0 saturated carbocycles. The summed E-state index contributed by atoms with van der Waals surface area (Å²) in [5.41, 5.74) is 3.55. The van der Waals surface area contributed by atoms with Crippen molar-refractivity contribution in [3.8, 4) is 0 Å². The Morgan fingerprint density at radius 1 is 1.07 bits per heavy atom. The number of anilines is 1. The van der Waals surface area contributed by atoms with Crippen LogP contribution in [0.2, 0.25) is 0 Å². The zero-order valence-electron chi connectivity index (χ0n) is 15.7. The first-order valence-electron chi connectivity index (χ1n) is 9.40. The Hall–Kier alpha value is -1.96. The summed E-state index contributed by atoms with van der Waals surface area (Å²) >= 11 is 0. The molecule has 1 aliphatic carbocycles. The molecule has 144 valence electrons. The molecule has 2 aliphatic rings. The van der Waals surface area contributed by atoms with Gasteiger partial charge < -0.3 is 5.32 Å². The maximum atomic E-state index is 12.8. The Bertz CT molecular complexity index is 983. The van der Waals surface area contributed by atoms with E-state index in [1.165, 1.54) is 39.2 Å². The molecular weight excluding hydrogens is 362 g/mol. The zero-order chi connectivity index (χ0) is 19.2. The van der Waals surface area contributed by atoms with E-state index in [0.717, 1.165) is 23.9 Å². The third-order valence-electron chi connectivity index (χ3n) is 5.75. The first kappa shape index (κ1) is 18.4. The smallest absolute Gasteiger partial charge is 0.281 e. The minimum atomic E-state index is -3.40. The van der Waals surface area contributed by atoms with E-state index in [4.69, 9.17) is 0 Å². The molecule has 7 heteroatoms. The first-order valence-corrected chi connectivity index (χ1v) is 10.8. The van der Waals surface area contributed by atoms with Gasteiger partial charge in [-0.05, 0) is 48.3 Å². The average Bonchev–Trinajstić information content (AvgIpc) is 3.08. The van der Waals surface area contributed by atoms with Gasteiger partial charge in [0.2, 0.25) is 5.91 Å². The number of hydrogen-bond acceptors (Lipinski definition) is 3. The van der Waals surface area contributed by atoms with E-state index in [2.05, 4.69) is 23.5 Å². The van der Waals surface area contributed by atoms with Crippen LogP contribution in [0.5, 0.6) is 0 Å². The minimum Gasteiger partial charge on any atom is -0.325 e. The standard InChI is InChI=1S/C20H25N3O3S/c1-22(2)27(25,26)23-12-10-16(11-13-23)20(24)21-18-9-8-15-7-6-14-4-3-5-17(18)19(14)15/h3-5,8-9,16H,6-7,10-13H2,1-2H3,(H,21,24). The van der Waals surface area contributed by atoms with Crippen molar-refractivity contribution in [1.29, 1.82) is 0 Å². The highest BCUT2D eigenvalue weighted by atomic mass is 32.2. The Labute approximate surface area is 160 Å². The monoisotopic (exact) mass is 387 g/mol. The van der Waals surface area contributed by atoms with E-state index in [9.17, 15) is 13.2 Å². The second kappa shape index (κ2) is 6.89. The van der Waals surface area contributed by atoms with E-state index in [1.54, 1.807) is 0 Å². The lowest BCUT2D eigenvalue weighted by Crippen LogP contribution is -2.46. The number of nitrogens with one attached hydrogen (secondary N) is 1. The summed E-state index contributed by atoms with van der Waals surface area (Å²) < 4.78 is 27.1. The highest BCUT2D eigenvalue weighted by Crippen LogP contribution is 2.35. The van der Waals surface area contributed by atoms with E-state index < -0.39 is 10.2 Å². The molecule has 1 aliphatic heterocycles. The van der Waals surface area contributed by atoms with Crippen LogP contribution in [0.4, 0.5) is 5.69 Å². The van der Waals surface area contributed by atoms with Gasteiger partial charge in [-0.15, -0.1) is 0 Å². The molecule has 1 amide bonds. The van der Waals surface area contributed by atoms with Crippen LogP contribution in [-0.4, -0.2) is 50.1 Å². The Morgan fingerprint density at radius 2 is 1.74 bits per heavy atom. The molecule has 1 heterocycles. The fraction of sp³-hybridized carbons (Fsp3) is 0.450. The summed E-state index contributed by atoms with van der Waals surface area (Å²) in [7, 11) is -0.341. The predicted octanol–water partition coefficient (Wildman–Crippen LogP) is 2.40. The third-order valence-corrected chi connectivity index (χ3v) is 7.69. The molecule has 2 aromatic rings. The van der Waals surface area contributed by atoms with Gasteiger partial charge in [-0.1, -0.05) is 24.3 Å². The van der Waals surface area contributed by atoms with Gasteiger partial charge in [0.1, 0.15) is 0 Å². The molecule has 1 saturated heterocycles. The maximum Gasteiger partial charge on any atom is 0.281 e. The first-order chi connectivity index (χ1) is 12.9. The van der Waals surface area contributed by atoms with Crippen LogP contribution in [0.25, 0.3) is 10.8 Å². The van der Waals surface area contributed by atoms with Gasteiger partial charge in [0.15, 0.2) is 0 Å². The number of hydrogen-bond donors (Lipinski definition) is 1. The van der Waals surface area contributed by atoms with Crippen molar-refractivity contribution in [2.45, 2.75) is 25.7 Å². The maximum absolute atomic E-state index is 12.8. The number of aryl methyl sites for hydroxylation is 2. The highest BCUT2D eigenvalue weighted by molar-refractivity contribution is 7.86. The molecule has 2 aromatic carbocycles. The Kier molecular flexibility index (Phi) is 4.70. The fourth-order valence-electron chi connectivity index (χ4n) is 4.17. The topological polar surface area (TPSA) is 69.7 Å². The van der Waals surface area contributed by atoms with Gasteiger partial charge in [0, 0.05) is 44.2 Å². The number of amides is 1. The number of piperidine rings is 1. The van der Waals surface area contributed by atoms with E-state index in [0.29, 0.717) is 25.9 Å². The molecule has 1 fully saturated rings. The van der Waals surface area contributed by atoms with Crippen LogP contribution in [0, 0.1) is 5.92 Å². The van der Waals surface area contributed by atoms with Crippen molar-refractivity contribution in [2.75, 3.05) is 32.5 Å². The summed E-state index contributed by atoms with van der Waals surface area (Å²) in [6, 6.07) is 10.4. The molecule has 0 unspecified atom stereocenters. The van der Waals surface area contributed by atoms with Crippen molar-refractivity contribution in [1.82, 2.24) is 8.61 Å². The molecule has 4 rings (SSSR count). The fourth-order valence-corrected chi connectivity index (χ4v) is 5.30. The van der Waals surface area contributed by atoms with Crippen LogP contribution >= 0.6 is 0 Å². The van der Waals surface area contributed by atoms with Crippen LogP contribution < -0.4 is 5.32 Å². The van der Waals surface area contributed by atoms with Gasteiger partial charge in [-0.2, -0.15) is 17.0 Å². The van der Waals surface area contributed by atoms with Gasteiger partial charge >= 0.3 is 0 Å². The molecule has 0 bridgehead atoms. The third kappa shape index (κ3) is 3.24. The summed E-state index contributed by atoms with van der Waals surface area (Å²) in [6.07, 6.45) is 3.20. The molecule has 27 heavy (non-hydrogen) atoms. The number of rotatable bonds is 4. The van der Waals surface area contributed by atoms with Gasteiger partial charge in [0.25, 0.3) is 10.2 Å². The van der Waals surface area contributed by atoms with Crippen molar-refractivity contribution in [3.63, 3.8) is 0 Å². The Balaban J connectivity index is 1.48. The molecule has 0 radical (unpaired) electrons. The van der Waals surface area contributed by atoms with E-state index in [1.807, 2.05) is 12.1 Å². The molecule has 6 nitrogen and oxygen atoms in total. The number of nitrogens with zero attached hydrogens (tertiary/aromatic N) is 2. The lowest BCUT2D eigenvalue weighted by atomic mass is 9.96. The normalized spacial score (nSPS) is 18.3. The summed E-state index contributed by atoms with van der Waals surface area (Å²) in [4.78, 5) is 12.8. The lowest BCUT2D eigenvalue weighted by molar-refractivity contribution is -0.120. The minimum absolute atomic E-state index is 0.0180. The zero-order valence-corrected chi connectivity index (χ0v) is 16.6. The van der Waals surface area contributed by atoms with Crippen LogP contribution in [-0.2, 0) is 27.8 Å². The molecule has 1 N–H and O–H groups in total. The number of carbonyl (C=O) groups is 1. The van der Waals surface area contributed by atoms with Gasteiger partial charge in [-0.3, -0.25) is 4.79 Å². The second-order valence-electron chi connectivity index (χ2n) is 7.56. The van der Waals surface area contributed by atoms with Crippen molar-refractivity contribution >= 4 is 32.6 Å². The lowest BCUT2D eigenvalue weighted by Gasteiger charge is -2.32. The molecular formula is C20H25N3O3S. The van der Waals surface area contributed by atoms with Gasteiger partial charge in [0.05, 0.1) is 0 Å². The average molecular weight is 388 g/mol. The van der Waals surface area contributed by atoms with Crippen LogP contribution in [0.3, 0.4) is 0 Å². The summed E-state index contributed by atoms with van der Waals surface area (Å²) in [6.45, 7) is 0.755. The number of benzene rings is 2. The molecule has 0 atom stereocenters. The SMILES string of the molecule is CN(C)S(=O)(=O)N1CCC(C(=O)Nc2ccc3c4c(cccc24)CC3)CC1. The second-order valence-corrected chi connectivity index (χ2v) is 9.71. The number of carbonyl (C=O) groups excluding carboxylic acids is 1. The van der Waals surface area contributed by atoms with Gasteiger partial charge in [-0.25, -0.2) is 0 Å².